The van der Waals surface area contributed by atoms with Gasteiger partial charge in [-0.05, 0) is 64.5 Å². The molecule has 0 unspecified atom stereocenters. The normalized spacial score (nSPS) is 10.6. The molecule has 0 aliphatic rings. The summed E-state index contributed by atoms with van der Waals surface area (Å²) < 4.78 is 0.821. The topological polar surface area (TPSA) is 17.1 Å². The minimum Gasteiger partial charge on any atom is -0.288 e. The Bertz CT molecular complexity index is 589. The fourth-order valence-corrected chi connectivity index (χ4v) is 3.34. The zero-order valence-corrected chi connectivity index (χ0v) is 12.5. The van der Waals surface area contributed by atoms with E-state index in [1.807, 2.05) is 37.4 Å². The average molecular weight is 330 g/mol. The van der Waals surface area contributed by atoms with E-state index in [1.54, 1.807) is 0 Å². The van der Waals surface area contributed by atoms with E-state index >= 15 is 0 Å². The molecule has 0 aliphatic carbocycles. The maximum Gasteiger partial charge on any atom is 0.205 e. The van der Waals surface area contributed by atoms with Crippen molar-refractivity contribution in [3.63, 3.8) is 0 Å². The largest absolute Gasteiger partial charge is 0.288 e. The predicted molar refractivity (Wildman–Crippen MR) is 76.4 cm³/mol. The zero-order chi connectivity index (χ0) is 12.6. The molecule has 0 radical (unpaired) electrons. The third-order valence-electron chi connectivity index (χ3n) is 2.65. The highest BCUT2D eigenvalue weighted by molar-refractivity contribution is 9.10. The number of hydrogen-bond acceptors (Lipinski definition) is 2. The first kappa shape index (κ1) is 12.8. The molecule has 0 atom stereocenters. The van der Waals surface area contributed by atoms with Gasteiger partial charge in [-0.1, -0.05) is 11.6 Å². The molecule has 17 heavy (non-hydrogen) atoms. The summed E-state index contributed by atoms with van der Waals surface area (Å²) in [6.07, 6.45) is 0. The van der Waals surface area contributed by atoms with Crippen LogP contribution in [0.5, 0.6) is 0 Å². The summed E-state index contributed by atoms with van der Waals surface area (Å²) in [5.74, 6) is -0.0278. The fourth-order valence-electron chi connectivity index (χ4n) is 1.53. The summed E-state index contributed by atoms with van der Waals surface area (Å²) in [7, 11) is 0. The molecule has 1 aromatic carbocycles. The maximum atomic E-state index is 12.3. The van der Waals surface area contributed by atoms with Crippen molar-refractivity contribution in [3.05, 3.63) is 54.6 Å². The summed E-state index contributed by atoms with van der Waals surface area (Å²) in [6, 6.07) is 5.56. The van der Waals surface area contributed by atoms with Crippen molar-refractivity contribution in [1.29, 1.82) is 0 Å². The third-order valence-corrected chi connectivity index (χ3v) is 4.80. The number of benzene rings is 1. The molecule has 0 amide bonds. The molecule has 4 heteroatoms. The van der Waals surface area contributed by atoms with Crippen LogP contribution in [0, 0.1) is 13.8 Å². The maximum absolute atomic E-state index is 12.3. The number of aryl methyl sites for hydroxylation is 2. The molecule has 0 aliphatic heterocycles. The molecule has 0 fully saturated rings. The van der Waals surface area contributed by atoms with Crippen LogP contribution in [-0.2, 0) is 0 Å². The third kappa shape index (κ3) is 2.46. The van der Waals surface area contributed by atoms with Crippen LogP contribution in [0.3, 0.4) is 0 Å². The summed E-state index contributed by atoms with van der Waals surface area (Å²) in [5.41, 5.74) is 2.74. The van der Waals surface area contributed by atoms with Gasteiger partial charge in [0, 0.05) is 10.0 Å². The van der Waals surface area contributed by atoms with Crippen LogP contribution in [-0.4, -0.2) is 5.78 Å². The molecule has 0 saturated heterocycles. The highest BCUT2D eigenvalue weighted by atomic mass is 79.9. The summed E-state index contributed by atoms with van der Waals surface area (Å²) >= 11 is 10.9. The quantitative estimate of drug-likeness (QED) is 0.708. The Hall–Kier alpha value is -0.640. The molecule has 0 spiro atoms. The Labute approximate surface area is 118 Å². The zero-order valence-electron chi connectivity index (χ0n) is 9.38. The van der Waals surface area contributed by atoms with Gasteiger partial charge in [-0.2, -0.15) is 0 Å². The van der Waals surface area contributed by atoms with Gasteiger partial charge in [0.05, 0.1) is 9.90 Å². The van der Waals surface area contributed by atoms with E-state index in [4.69, 9.17) is 11.6 Å². The predicted octanol–water partition coefficient (Wildman–Crippen LogP) is 5.01. The van der Waals surface area contributed by atoms with E-state index in [-0.39, 0.29) is 5.78 Å². The fraction of sp³-hybridized carbons (Fsp3) is 0.154. The molecule has 1 nitrogen and oxygen atoms in total. The Balaban J connectivity index is 2.52. The van der Waals surface area contributed by atoms with E-state index < -0.39 is 0 Å². The molecule has 2 aromatic rings. The first-order chi connectivity index (χ1) is 8.00. The van der Waals surface area contributed by atoms with Gasteiger partial charge in [0.15, 0.2) is 0 Å². The Morgan fingerprint density at radius 2 is 1.94 bits per heavy atom. The van der Waals surface area contributed by atoms with Crippen LogP contribution in [0.1, 0.15) is 26.4 Å². The van der Waals surface area contributed by atoms with Gasteiger partial charge in [-0.15, -0.1) is 11.3 Å². The van der Waals surface area contributed by atoms with Gasteiger partial charge >= 0.3 is 0 Å². The van der Waals surface area contributed by atoms with Gasteiger partial charge in [-0.3, -0.25) is 4.79 Å². The molecule has 0 N–H and O–H groups in total. The number of thiophene rings is 1. The van der Waals surface area contributed by atoms with Gasteiger partial charge in [0.25, 0.3) is 0 Å². The molecule has 0 saturated carbocycles. The van der Waals surface area contributed by atoms with E-state index in [0.29, 0.717) is 15.5 Å². The van der Waals surface area contributed by atoms with E-state index in [2.05, 4.69) is 15.9 Å². The summed E-state index contributed by atoms with van der Waals surface area (Å²) in [6.45, 7) is 3.96. The lowest BCUT2D eigenvalue weighted by molar-refractivity contribution is 0.104. The number of ketones is 1. The van der Waals surface area contributed by atoms with Gasteiger partial charge in [-0.25, -0.2) is 0 Å². The minimum absolute atomic E-state index is 0.0278. The molecule has 2 rings (SSSR count). The number of halogens is 2. The number of carbonyl (C=O) groups excluding carboxylic acids is 1. The second kappa shape index (κ2) is 4.92. The Kier molecular flexibility index (Phi) is 3.71. The summed E-state index contributed by atoms with van der Waals surface area (Å²) in [5, 5.41) is 2.39. The molecule has 88 valence electrons. The second-order valence-corrected chi connectivity index (χ2v) is 6.02. The van der Waals surface area contributed by atoms with Crippen molar-refractivity contribution < 1.29 is 4.79 Å². The standard InChI is InChI=1S/C13H10BrClOS/c1-7-5-9(11(15)6-8(7)2)12(16)13-10(14)3-4-17-13/h3-6H,1-2H3. The highest BCUT2D eigenvalue weighted by Crippen LogP contribution is 2.29. The van der Waals surface area contributed by atoms with Crippen molar-refractivity contribution in [3.8, 4) is 0 Å². The molecule has 0 bridgehead atoms. The Morgan fingerprint density at radius 3 is 2.53 bits per heavy atom. The van der Waals surface area contributed by atoms with Crippen molar-refractivity contribution in [1.82, 2.24) is 0 Å². The lowest BCUT2D eigenvalue weighted by Gasteiger charge is -2.06. The van der Waals surface area contributed by atoms with Crippen LogP contribution in [0.2, 0.25) is 5.02 Å². The molecular formula is C13H10BrClOS. The monoisotopic (exact) mass is 328 g/mol. The number of hydrogen-bond donors (Lipinski definition) is 0. The molecular weight excluding hydrogens is 320 g/mol. The highest BCUT2D eigenvalue weighted by Gasteiger charge is 2.17. The van der Waals surface area contributed by atoms with Crippen LogP contribution >= 0.6 is 38.9 Å². The van der Waals surface area contributed by atoms with Crippen LogP contribution in [0.25, 0.3) is 0 Å². The van der Waals surface area contributed by atoms with E-state index in [9.17, 15) is 4.79 Å². The van der Waals surface area contributed by atoms with E-state index in [0.717, 1.165) is 15.6 Å². The Morgan fingerprint density at radius 1 is 1.29 bits per heavy atom. The van der Waals surface area contributed by atoms with Gasteiger partial charge in [0.1, 0.15) is 0 Å². The van der Waals surface area contributed by atoms with Crippen LogP contribution in [0.4, 0.5) is 0 Å². The number of carbonyl (C=O) groups is 1. The van der Waals surface area contributed by atoms with Crippen LogP contribution in [0.15, 0.2) is 28.1 Å². The van der Waals surface area contributed by atoms with Gasteiger partial charge < -0.3 is 0 Å². The molecule has 1 heterocycles. The van der Waals surface area contributed by atoms with Crippen molar-refractivity contribution in [2.45, 2.75) is 13.8 Å². The minimum atomic E-state index is -0.0278. The lowest BCUT2D eigenvalue weighted by Crippen LogP contribution is -2.02. The smallest absolute Gasteiger partial charge is 0.205 e. The lowest BCUT2D eigenvalue weighted by atomic mass is 10.0. The average Bonchev–Trinajstić information content (AvgIpc) is 2.69. The van der Waals surface area contributed by atoms with Gasteiger partial charge in [0.2, 0.25) is 5.78 Å². The van der Waals surface area contributed by atoms with E-state index in [1.165, 1.54) is 11.3 Å². The van der Waals surface area contributed by atoms with Crippen LogP contribution < -0.4 is 0 Å². The first-order valence-corrected chi connectivity index (χ1v) is 7.10. The van der Waals surface area contributed by atoms with Crippen molar-refractivity contribution >= 4 is 44.7 Å². The molecule has 1 aromatic heterocycles. The SMILES string of the molecule is Cc1cc(Cl)c(C(=O)c2sccc2Br)cc1C. The first-order valence-electron chi connectivity index (χ1n) is 5.05. The number of rotatable bonds is 2. The second-order valence-electron chi connectivity index (χ2n) is 3.84. The van der Waals surface area contributed by atoms with Crippen molar-refractivity contribution in [2.75, 3.05) is 0 Å². The summed E-state index contributed by atoms with van der Waals surface area (Å²) in [4.78, 5) is 13.0. The van der Waals surface area contributed by atoms with Crippen molar-refractivity contribution in [2.24, 2.45) is 0 Å².